The lowest BCUT2D eigenvalue weighted by atomic mass is 10.1. The first-order valence-electron chi connectivity index (χ1n) is 6.43. The van der Waals surface area contributed by atoms with Crippen molar-refractivity contribution in [3.05, 3.63) is 33.9 Å². The lowest BCUT2D eigenvalue weighted by molar-refractivity contribution is -0.138. The molecular weight excluding hydrogens is 242 g/mol. The number of hydrogen-bond acceptors (Lipinski definition) is 3. The summed E-state index contributed by atoms with van der Waals surface area (Å²) in [5, 5.41) is 3.45. The summed E-state index contributed by atoms with van der Waals surface area (Å²) in [5.74, 6) is 0.0158. The van der Waals surface area contributed by atoms with Gasteiger partial charge in [-0.15, -0.1) is 0 Å². The van der Waals surface area contributed by atoms with Gasteiger partial charge in [-0.1, -0.05) is 36.7 Å². The van der Waals surface area contributed by atoms with Gasteiger partial charge in [0.2, 0.25) is 0 Å². The minimum absolute atomic E-state index is 0.0621. The van der Waals surface area contributed by atoms with Crippen LogP contribution in [0, 0.1) is 17.3 Å². The summed E-state index contributed by atoms with van der Waals surface area (Å²) in [6.45, 7) is 10.4. The Hall–Kier alpha value is -1.74. The van der Waals surface area contributed by atoms with Crippen molar-refractivity contribution >= 4 is 5.97 Å². The van der Waals surface area contributed by atoms with E-state index in [4.69, 9.17) is 10.3 Å². The summed E-state index contributed by atoms with van der Waals surface area (Å²) >= 11 is 0. The highest BCUT2D eigenvalue weighted by atomic mass is 16.5. The van der Waals surface area contributed by atoms with Crippen LogP contribution >= 0.6 is 0 Å². The molecule has 104 valence electrons. The first-order chi connectivity index (χ1) is 8.84. The maximum Gasteiger partial charge on any atom is 0.340 e. The first kappa shape index (κ1) is 15.3. The van der Waals surface area contributed by atoms with Crippen LogP contribution in [0.15, 0.2) is 28.5 Å². The van der Waals surface area contributed by atoms with Gasteiger partial charge in [-0.2, -0.15) is 0 Å². The zero-order valence-corrected chi connectivity index (χ0v) is 12.2. The normalized spacial score (nSPS) is 24.2. The molecule has 0 N–H and O–H groups in total. The third-order valence-corrected chi connectivity index (χ3v) is 3.48. The van der Waals surface area contributed by atoms with Gasteiger partial charge in [0, 0.05) is 4.91 Å². The molecule has 1 aliphatic rings. The van der Waals surface area contributed by atoms with E-state index in [2.05, 4.69) is 43.8 Å². The smallest absolute Gasteiger partial charge is 0.340 e. The van der Waals surface area contributed by atoms with Crippen LogP contribution in [0.2, 0.25) is 0 Å². The molecule has 0 aliphatic heterocycles. The summed E-state index contributed by atoms with van der Waals surface area (Å²) in [6.07, 6.45) is 3.93. The van der Waals surface area contributed by atoms with Crippen molar-refractivity contribution in [2.75, 3.05) is 6.61 Å². The van der Waals surface area contributed by atoms with E-state index in [1.807, 2.05) is 0 Å². The molecule has 1 rings (SSSR count). The SMILES string of the molecule is CCOC(=O)/C(=C/[C@@H]1[C@@H](C=C(C)C)C1(C)C)N=[N+]=[N-]. The van der Waals surface area contributed by atoms with Crippen molar-refractivity contribution in [3.63, 3.8) is 0 Å². The molecule has 19 heavy (non-hydrogen) atoms. The zero-order valence-electron chi connectivity index (χ0n) is 12.2. The van der Waals surface area contributed by atoms with Gasteiger partial charge >= 0.3 is 5.97 Å². The van der Waals surface area contributed by atoms with E-state index in [9.17, 15) is 4.79 Å². The molecule has 0 saturated heterocycles. The number of carbonyl (C=O) groups excluding carboxylic acids is 1. The highest BCUT2D eigenvalue weighted by molar-refractivity contribution is 5.88. The molecule has 0 aromatic carbocycles. The highest BCUT2D eigenvalue weighted by Crippen LogP contribution is 2.60. The van der Waals surface area contributed by atoms with E-state index in [-0.39, 0.29) is 23.6 Å². The van der Waals surface area contributed by atoms with Gasteiger partial charge in [-0.3, -0.25) is 0 Å². The molecule has 0 spiro atoms. The molecule has 1 fully saturated rings. The number of rotatable bonds is 5. The number of azide groups is 1. The first-order valence-corrected chi connectivity index (χ1v) is 6.43. The minimum Gasteiger partial charge on any atom is -0.462 e. The standard InChI is InChI=1S/C14H21N3O2/c1-6-19-13(18)12(16-17-15)8-11-10(7-9(2)3)14(11,4)5/h7-8,10-11H,6H2,1-5H3/b12-8-/t10-,11-/m1/s1. The largest absolute Gasteiger partial charge is 0.462 e. The maximum atomic E-state index is 11.7. The fourth-order valence-corrected chi connectivity index (χ4v) is 2.28. The van der Waals surface area contributed by atoms with Crippen molar-refractivity contribution in [2.45, 2.75) is 34.6 Å². The molecule has 2 atom stereocenters. The van der Waals surface area contributed by atoms with Crippen LogP contribution in [0.5, 0.6) is 0 Å². The van der Waals surface area contributed by atoms with Crippen molar-refractivity contribution < 1.29 is 9.53 Å². The van der Waals surface area contributed by atoms with E-state index < -0.39 is 5.97 Å². The van der Waals surface area contributed by atoms with Crippen LogP contribution < -0.4 is 0 Å². The van der Waals surface area contributed by atoms with Crippen molar-refractivity contribution in [1.29, 1.82) is 0 Å². The Morgan fingerprint density at radius 1 is 1.37 bits per heavy atom. The van der Waals surface area contributed by atoms with Gasteiger partial charge in [-0.25, -0.2) is 4.79 Å². The predicted molar refractivity (Wildman–Crippen MR) is 74.1 cm³/mol. The number of ether oxygens (including phenoxy) is 1. The monoisotopic (exact) mass is 263 g/mol. The second-order valence-electron chi connectivity index (χ2n) is 5.58. The molecule has 5 nitrogen and oxygen atoms in total. The van der Waals surface area contributed by atoms with E-state index in [0.29, 0.717) is 5.92 Å². The predicted octanol–water partition coefficient (Wildman–Crippen LogP) is 3.98. The van der Waals surface area contributed by atoms with E-state index in [1.54, 1.807) is 13.0 Å². The molecule has 1 aliphatic carbocycles. The molecule has 0 heterocycles. The van der Waals surface area contributed by atoms with Crippen LogP contribution in [0.1, 0.15) is 34.6 Å². The number of hydrogen-bond donors (Lipinski definition) is 0. The average molecular weight is 263 g/mol. The average Bonchev–Trinajstić information content (AvgIpc) is 2.79. The Kier molecular flexibility index (Phi) is 4.78. The van der Waals surface area contributed by atoms with Crippen LogP contribution in [-0.2, 0) is 9.53 Å². The zero-order chi connectivity index (χ0) is 14.6. The quantitative estimate of drug-likeness (QED) is 0.188. The Labute approximate surface area is 114 Å². The number of nitrogens with zero attached hydrogens (tertiary/aromatic N) is 3. The van der Waals surface area contributed by atoms with E-state index in [0.717, 1.165) is 0 Å². The van der Waals surface area contributed by atoms with Crippen LogP contribution in [0.25, 0.3) is 10.4 Å². The van der Waals surface area contributed by atoms with Crippen LogP contribution in [0.3, 0.4) is 0 Å². The lowest BCUT2D eigenvalue weighted by Gasteiger charge is -2.02. The summed E-state index contributed by atoms with van der Waals surface area (Å²) < 4.78 is 4.88. The number of carbonyl (C=O) groups is 1. The van der Waals surface area contributed by atoms with Gasteiger partial charge in [0.05, 0.1) is 6.61 Å². The molecule has 0 bridgehead atoms. The van der Waals surface area contributed by atoms with Gasteiger partial charge < -0.3 is 4.74 Å². The van der Waals surface area contributed by atoms with E-state index >= 15 is 0 Å². The molecule has 0 aromatic heterocycles. The molecule has 0 unspecified atom stereocenters. The summed E-state index contributed by atoms with van der Waals surface area (Å²) in [4.78, 5) is 14.4. The van der Waals surface area contributed by atoms with Crippen molar-refractivity contribution in [2.24, 2.45) is 22.4 Å². The lowest BCUT2D eigenvalue weighted by Crippen LogP contribution is -2.06. The second-order valence-corrected chi connectivity index (χ2v) is 5.58. The topological polar surface area (TPSA) is 75.1 Å². The van der Waals surface area contributed by atoms with Crippen molar-refractivity contribution in [1.82, 2.24) is 0 Å². The van der Waals surface area contributed by atoms with Crippen LogP contribution in [-0.4, -0.2) is 12.6 Å². The fraction of sp³-hybridized carbons (Fsp3) is 0.643. The number of allylic oxidation sites excluding steroid dienone is 3. The highest BCUT2D eigenvalue weighted by Gasteiger charge is 2.55. The summed E-state index contributed by atoms with van der Waals surface area (Å²) in [6, 6.07) is 0. The molecule has 0 aromatic rings. The Bertz CT molecular complexity index is 467. The molecule has 1 saturated carbocycles. The van der Waals surface area contributed by atoms with E-state index in [1.165, 1.54) is 5.57 Å². The molecule has 5 heteroatoms. The summed E-state index contributed by atoms with van der Waals surface area (Å²) in [5.41, 5.74) is 9.92. The third-order valence-electron chi connectivity index (χ3n) is 3.48. The Morgan fingerprint density at radius 3 is 2.42 bits per heavy atom. The second kappa shape index (κ2) is 5.93. The molecule has 0 radical (unpaired) electrons. The number of esters is 1. The van der Waals surface area contributed by atoms with Crippen molar-refractivity contribution in [3.8, 4) is 0 Å². The third kappa shape index (κ3) is 3.61. The molecular formula is C14H21N3O2. The Balaban J connectivity index is 2.95. The van der Waals surface area contributed by atoms with Gasteiger partial charge in [0.15, 0.2) is 0 Å². The summed E-state index contributed by atoms with van der Waals surface area (Å²) in [7, 11) is 0. The molecule has 0 amide bonds. The van der Waals surface area contributed by atoms with Gasteiger partial charge in [0.1, 0.15) is 5.70 Å². The fourth-order valence-electron chi connectivity index (χ4n) is 2.28. The van der Waals surface area contributed by atoms with Gasteiger partial charge in [-0.05, 0) is 43.6 Å². The Morgan fingerprint density at radius 2 is 1.95 bits per heavy atom. The minimum atomic E-state index is -0.557. The van der Waals surface area contributed by atoms with Crippen LogP contribution in [0.4, 0.5) is 0 Å². The van der Waals surface area contributed by atoms with Gasteiger partial charge in [0.25, 0.3) is 0 Å². The maximum absolute atomic E-state index is 11.7.